The minimum atomic E-state index is -0.420. The molecule has 0 radical (unpaired) electrons. The van der Waals surface area contributed by atoms with Crippen molar-refractivity contribution in [3.8, 4) is 5.75 Å². The lowest BCUT2D eigenvalue weighted by molar-refractivity contribution is 0.0845. The zero-order valence-electron chi connectivity index (χ0n) is 14.5. The van der Waals surface area contributed by atoms with Gasteiger partial charge in [-0.25, -0.2) is 0 Å². The van der Waals surface area contributed by atoms with Gasteiger partial charge in [-0.1, -0.05) is 18.0 Å². The first-order chi connectivity index (χ1) is 12.1. The molecule has 25 heavy (non-hydrogen) atoms. The van der Waals surface area contributed by atoms with E-state index in [2.05, 4.69) is 4.90 Å². The molecule has 0 aromatic heterocycles. The molecule has 6 rings (SSSR count). The molecule has 3 atom stereocenters. The third-order valence-electron chi connectivity index (χ3n) is 6.94. The zero-order valence-corrected chi connectivity index (χ0v) is 15.2. The number of carbonyl (C=O) groups excluding carboxylic acids is 1. The number of halogens is 1. The summed E-state index contributed by atoms with van der Waals surface area (Å²) in [5, 5.41) is 0.521. The quantitative estimate of drug-likeness (QED) is 0.875. The summed E-state index contributed by atoms with van der Waals surface area (Å²) in [4.78, 5) is 14.7. The highest BCUT2D eigenvalue weighted by molar-refractivity contribution is 6.34. The summed E-state index contributed by atoms with van der Waals surface area (Å²) in [6.07, 6.45) is 7.21. The Hall–Kier alpha value is -1.26. The molecule has 3 unspecified atom stereocenters. The van der Waals surface area contributed by atoms with Crippen LogP contribution >= 0.6 is 11.6 Å². The Labute approximate surface area is 153 Å². The molecular weight excluding hydrogens is 336 g/mol. The Balaban J connectivity index is 1.65. The number of nitrogens with two attached hydrogens (primary N) is 1. The molecule has 2 bridgehead atoms. The second-order valence-electron chi connectivity index (χ2n) is 8.22. The molecule has 5 heteroatoms. The average molecular weight is 361 g/mol. The van der Waals surface area contributed by atoms with E-state index in [0.29, 0.717) is 22.4 Å². The van der Waals surface area contributed by atoms with Crippen LogP contribution in [0.5, 0.6) is 5.75 Å². The fourth-order valence-electron chi connectivity index (χ4n) is 5.72. The number of carbonyl (C=O) groups is 1. The van der Waals surface area contributed by atoms with Gasteiger partial charge in [0.25, 0.3) is 5.91 Å². The van der Waals surface area contributed by atoms with Crippen LogP contribution in [-0.2, 0) is 0 Å². The SMILES string of the molecule is NC(=O)c1c(Cl)cc(C2CN3CCC2CC3)c2c1C1CCCCC1O2. The van der Waals surface area contributed by atoms with Crippen molar-refractivity contribution in [2.75, 3.05) is 19.6 Å². The van der Waals surface area contributed by atoms with Crippen LogP contribution in [-0.4, -0.2) is 36.5 Å². The Morgan fingerprint density at radius 3 is 2.60 bits per heavy atom. The second kappa shape index (κ2) is 5.88. The molecule has 4 fully saturated rings. The van der Waals surface area contributed by atoms with Crippen molar-refractivity contribution in [2.45, 2.75) is 56.5 Å². The molecule has 4 aliphatic heterocycles. The van der Waals surface area contributed by atoms with E-state index in [9.17, 15) is 4.79 Å². The molecule has 4 heterocycles. The number of benzene rings is 1. The normalized spacial score (nSPS) is 35.8. The van der Waals surface area contributed by atoms with E-state index in [-0.39, 0.29) is 12.0 Å². The van der Waals surface area contributed by atoms with Crippen LogP contribution in [0.2, 0.25) is 5.02 Å². The van der Waals surface area contributed by atoms with Gasteiger partial charge >= 0.3 is 0 Å². The van der Waals surface area contributed by atoms with Crippen molar-refractivity contribution in [2.24, 2.45) is 11.7 Å². The Kier molecular flexibility index (Phi) is 3.75. The molecule has 3 saturated heterocycles. The summed E-state index contributed by atoms with van der Waals surface area (Å²) >= 11 is 6.59. The molecule has 2 N–H and O–H groups in total. The van der Waals surface area contributed by atoms with Gasteiger partial charge in [-0.05, 0) is 57.2 Å². The molecule has 134 valence electrons. The van der Waals surface area contributed by atoms with E-state index in [4.69, 9.17) is 22.1 Å². The number of primary amides is 1. The molecule has 0 spiro atoms. The van der Waals surface area contributed by atoms with Gasteiger partial charge in [0, 0.05) is 29.5 Å². The fraction of sp³-hybridized carbons (Fsp3) is 0.650. The third kappa shape index (κ3) is 2.41. The number of nitrogens with zero attached hydrogens (tertiary/aromatic N) is 1. The van der Waals surface area contributed by atoms with Crippen molar-refractivity contribution in [1.29, 1.82) is 0 Å². The maximum absolute atomic E-state index is 12.1. The van der Waals surface area contributed by atoms with E-state index in [1.54, 1.807) is 0 Å². The molecule has 4 nitrogen and oxygen atoms in total. The zero-order chi connectivity index (χ0) is 17.1. The van der Waals surface area contributed by atoms with Gasteiger partial charge < -0.3 is 15.4 Å². The van der Waals surface area contributed by atoms with Crippen LogP contribution < -0.4 is 10.5 Å². The first-order valence-electron chi connectivity index (χ1n) is 9.68. The van der Waals surface area contributed by atoms with Gasteiger partial charge in [-0.3, -0.25) is 4.79 Å². The van der Waals surface area contributed by atoms with Crippen molar-refractivity contribution in [3.05, 3.63) is 27.8 Å². The molecular formula is C20H25ClN2O2. The fourth-order valence-corrected chi connectivity index (χ4v) is 6.03. The number of rotatable bonds is 2. The highest BCUT2D eigenvalue weighted by Gasteiger charge is 2.44. The van der Waals surface area contributed by atoms with Gasteiger partial charge in [0.15, 0.2) is 0 Å². The Morgan fingerprint density at radius 1 is 1.16 bits per heavy atom. The number of hydrogen-bond donors (Lipinski definition) is 1. The summed E-state index contributed by atoms with van der Waals surface area (Å²) in [6.45, 7) is 3.51. The van der Waals surface area contributed by atoms with E-state index >= 15 is 0 Å². The second-order valence-corrected chi connectivity index (χ2v) is 8.63. The summed E-state index contributed by atoms with van der Waals surface area (Å²) in [6, 6.07) is 1.99. The van der Waals surface area contributed by atoms with Crippen LogP contribution in [0, 0.1) is 5.92 Å². The predicted molar refractivity (Wildman–Crippen MR) is 97.5 cm³/mol. The standard InChI is InChI=1S/C20H25ClN2O2/c21-15-9-13(14-10-23-7-5-11(14)6-8-23)19-17(18(15)20(22)24)12-3-1-2-4-16(12)25-19/h9,11-12,14,16H,1-8,10H2,(H2,22,24). The lowest BCUT2D eigenvalue weighted by atomic mass is 9.73. The average Bonchev–Trinajstić information content (AvgIpc) is 3.01. The van der Waals surface area contributed by atoms with Gasteiger partial charge in [-0.2, -0.15) is 0 Å². The number of amides is 1. The van der Waals surface area contributed by atoms with Crippen molar-refractivity contribution in [1.82, 2.24) is 4.90 Å². The molecule has 1 aromatic rings. The number of ether oxygens (including phenoxy) is 1. The first-order valence-corrected chi connectivity index (χ1v) is 10.1. The lowest BCUT2D eigenvalue weighted by Crippen LogP contribution is -2.46. The molecule has 1 aromatic carbocycles. The van der Waals surface area contributed by atoms with Crippen LogP contribution in [0.25, 0.3) is 0 Å². The van der Waals surface area contributed by atoms with Crippen LogP contribution in [0.1, 0.15) is 71.8 Å². The Morgan fingerprint density at radius 2 is 1.92 bits per heavy atom. The molecule has 1 aliphatic carbocycles. The summed E-state index contributed by atoms with van der Waals surface area (Å²) in [5.41, 5.74) is 8.48. The highest BCUT2D eigenvalue weighted by atomic mass is 35.5. The number of fused-ring (bicyclic) bond motifs is 6. The van der Waals surface area contributed by atoms with Crippen LogP contribution in [0.4, 0.5) is 0 Å². The maximum atomic E-state index is 12.1. The number of hydrogen-bond acceptors (Lipinski definition) is 3. The van der Waals surface area contributed by atoms with Crippen LogP contribution in [0.15, 0.2) is 6.07 Å². The minimum Gasteiger partial charge on any atom is -0.489 e. The largest absolute Gasteiger partial charge is 0.489 e. The maximum Gasteiger partial charge on any atom is 0.250 e. The van der Waals surface area contributed by atoms with Gasteiger partial charge in [-0.15, -0.1) is 0 Å². The van der Waals surface area contributed by atoms with E-state index in [1.165, 1.54) is 44.3 Å². The third-order valence-corrected chi connectivity index (χ3v) is 7.24. The Bertz CT molecular complexity index is 727. The van der Waals surface area contributed by atoms with Crippen LogP contribution in [0.3, 0.4) is 0 Å². The molecule has 5 aliphatic rings. The minimum absolute atomic E-state index is 0.195. The monoisotopic (exact) mass is 360 g/mol. The van der Waals surface area contributed by atoms with Crippen molar-refractivity contribution < 1.29 is 9.53 Å². The summed E-state index contributed by atoms with van der Waals surface area (Å²) in [7, 11) is 0. The predicted octanol–water partition coefficient (Wildman–Crippen LogP) is 3.67. The summed E-state index contributed by atoms with van der Waals surface area (Å²) < 4.78 is 6.46. The molecule has 1 amide bonds. The van der Waals surface area contributed by atoms with E-state index in [1.807, 2.05) is 6.07 Å². The summed E-state index contributed by atoms with van der Waals surface area (Å²) in [5.74, 6) is 1.99. The smallest absolute Gasteiger partial charge is 0.250 e. The van der Waals surface area contributed by atoms with Crippen molar-refractivity contribution >= 4 is 17.5 Å². The first kappa shape index (κ1) is 16.0. The number of piperidine rings is 3. The van der Waals surface area contributed by atoms with Gasteiger partial charge in [0.05, 0.1) is 10.6 Å². The topological polar surface area (TPSA) is 55.6 Å². The van der Waals surface area contributed by atoms with E-state index in [0.717, 1.165) is 30.7 Å². The highest BCUT2D eigenvalue weighted by Crippen LogP contribution is 2.53. The van der Waals surface area contributed by atoms with E-state index < -0.39 is 5.91 Å². The van der Waals surface area contributed by atoms with Gasteiger partial charge in [0.1, 0.15) is 11.9 Å². The van der Waals surface area contributed by atoms with Crippen molar-refractivity contribution in [3.63, 3.8) is 0 Å². The molecule has 1 saturated carbocycles. The van der Waals surface area contributed by atoms with Gasteiger partial charge in [0.2, 0.25) is 0 Å². The lowest BCUT2D eigenvalue weighted by Gasteiger charge is -2.45.